The summed E-state index contributed by atoms with van der Waals surface area (Å²) >= 11 is 5.96. The van der Waals surface area contributed by atoms with Crippen LogP contribution in [-0.4, -0.2) is 37.0 Å². The topological polar surface area (TPSA) is 83.6 Å². The van der Waals surface area contributed by atoms with E-state index in [0.29, 0.717) is 29.2 Å². The van der Waals surface area contributed by atoms with E-state index in [-0.39, 0.29) is 17.5 Å². The molecule has 2 rings (SSSR count). The third-order valence-electron chi connectivity index (χ3n) is 3.97. The summed E-state index contributed by atoms with van der Waals surface area (Å²) < 4.78 is 27.3. The van der Waals surface area contributed by atoms with Crippen LogP contribution in [0.5, 0.6) is 0 Å². The molecule has 1 fully saturated rings. The first-order valence-corrected chi connectivity index (χ1v) is 8.88. The van der Waals surface area contributed by atoms with E-state index in [1.54, 1.807) is 13.0 Å². The van der Waals surface area contributed by atoms with Crippen LogP contribution in [0.25, 0.3) is 0 Å². The number of nitrogen functional groups attached to an aromatic ring is 1. The molecule has 0 aromatic heterocycles. The van der Waals surface area contributed by atoms with Crippen LogP contribution in [0.4, 0.5) is 5.69 Å². The molecule has 3 N–H and O–H groups in total. The lowest BCUT2D eigenvalue weighted by molar-refractivity contribution is 0.198. The molecule has 0 saturated heterocycles. The summed E-state index contributed by atoms with van der Waals surface area (Å²) in [6.45, 7) is 1.97. The summed E-state index contributed by atoms with van der Waals surface area (Å²) in [5.74, 6) is 0. The average molecular weight is 333 g/mol. The van der Waals surface area contributed by atoms with Gasteiger partial charge >= 0.3 is 0 Å². The molecule has 0 heterocycles. The van der Waals surface area contributed by atoms with Gasteiger partial charge < -0.3 is 10.8 Å². The number of halogens is 1. The lowest BCUT2D eigenvalue weighted by Crippen LogP contribution is -2.45. The summed E-state index contributed by atoms with van der Waals surface area (Å²) in [4.78, 5) is 0.164. The van der Waals surface area contributed by atoms with E-state index in [9.17, 15) is 8.42 Å². The highest BCUT2D eigenvalue weighted by Crippen LogP contribution is 2.33. The molecule has 1 aromatic rings. The maximum atomic E-state index is 12.9. The first-order chi connectivity index (χ1) is 9.87. The SMILES string of the molecule is Cc1c(N)cc(Cl)cc1S(=O)(=O)N(CCCO)C1CCC1. The van der Waals surface area contributed by atoms with Crippen LogP contribution >= 0.6 is 11.6 Å². The predicted molar refractivity (Wildman–Crippen MR) is 83.8 cm³/mol. The van der Waals surface area contributed by atoms with Gasteiger partial charge in [0.1, 0.15) is 0 Å². The quantitative estimate of drug-likeness (QED) is 0.782. The molecule has 21 heavy (non-hydrogen) atoms. The Hall–Kier alpha value is -0.820. The molecular weight excluding hydrogens is 312 g/mol. The van der Waals surface area contributed by atoms with E-state index in [4.69, 9.17) is 22.4 Å². The summed E-state index contributed by atoms with van der Waals surface area (Å²) in [7, 11) is -3.65. The van der Waals surface area contributed by atoms with Crippen molar-refractivity contribution in [3.63, 3.8) is 0 Å². The normalized spacial score (nSPS) is 16.2. The number of hydrogen-bond donors (Lipinski definition) is 2. The zero-order chi connectivity index (χ0) is 15.6. The molecule has 0 spiro atoms. The number of hydrogen-bond acceptors (Lipinski definition) is 4. The van der Waals surface area contributed by atoms with Gasteiger partial charge in [0.15, 0.2) is 0 Å². The van der Waals surface area contributed by atoms with Gasteiger partial charge in [0.05, 0.1) is 4.90 Å². The van der Waals surface area contributed by atoms with Crippen LogP contribution in [0, 0.1) is 6.92 Å². The van der Waals surface area contributed by atoms with Gasteiger partial charge in [-0.3, -0.25) is 0 Å². The van der Waals surface area contributed by atoms with Gasteiger partial charge in [0.2, 0.25) is 10.0 Å². The van der Waals surface area contributed by atoms with Crippen molar-refractivity contribution in [1.82, 2.24) is 4.31 Å². The third kappa shape index (κ3) is 3.34. The Morgan fingerprint density at radius 1 is 1.43 bits per heavy atom. The third-order valence-corrected chi connectivity index (χ3v) is 6.27. The Morgan fingerprint density at radius 3 is 2.62 bits per heavy atom. The van der Waals surface area contributed by atoms with Crippen LogP contribution in [0.3, 0.4) is 0 Å². The van der Waals surface area contributed by atoms with Crippen LogP contribution in [0.2, 0.25) is 5.02 Å². The number of sulfonamides is 1. The molecule has 1 saturated carbocycles. The van der Waals surface area contributed by atoms with Crippen molar-refractivity contribution in [3.8, 4) is 0 Å². The summed E-state index contributed by atoms with van der Waals surface area (Å²) in [6.07, 6.45) is 3.18. The van der Waals surface area contributed by atoms with E-state index < -0.39 is 10.0 Å². The van der Waals surface area contributed by atoms with E-state index >= 15 is 0 Å². The van der Waals surface area contributed by atoms with Gasteiger partial charge in [-0.25, -0.2) is 8.42 Å². The maximum Gasteiger partial charge on any atom is 0.243 e. The fourth-order valence-electron chi connectivity index (χ4n) is 2.47. The van der Waals surface area contributed by atoms with Gasteiger partial charge in [-0.1, -0.05) is 18.0 Å². The van der Waals surface area contributed by atoms with Crippen molar-refractivity contribution in [3.05, 3.63) is 22.7 Å². The molecule has 0 amide bonds. The van der Waals surface area contributed by atoms with E-state index in [1.807, 2.05) is 0 Å². The number of aliphatic hydroxyl groups is 1. The Bertz CT molecular complexity index is 615. The Kier molecular flexibility index (Phi) is 5.14. The highest BCUT2D eigenvalue weighted by molar-refractivity contribution is 7.89. The van der Waals surface area contributed by atoms with Crippen molar-refractivity contribution in [2.75, 3.05) is 18.9 Å². The Balaban J connectivity index is 2.42. The van der Waals surface area contributed by atoms with Gasteiger partial charge in [0.25, 0.3) is 0 Å². The molecule has 1 aliphatic rings. The molecule has 0 bridgehead atoms. The number of nitrogens with two attached hydrogens (primary N) is 1. The first-order valence-electron chi connectivity index (χ1n) is 7.06. The zero-order valence-electron chi connectivity index (χ0n) is 12.0. The monoisotopic (exact) mass is 332 g/mol. The van der Waals surface area contributed by atoms with Crippen molar-refractivity contribution in [2.24, 2.45) is 0 Å². The fraction of sp³-hybridized carbons (Fsp3) is 0.571. The van der Waals surface area contributed by atoms with Crippen LogP contribution in [-0.2, 0) is 10.0 Å². The standard InChI is InChI=1S/C14H21ClN2O3S/c1-10-13(16)8-11(15)9-14(10)21(19,20)17(6-3-7-18)12-4-2-5-12/h8-9,12,18H,2-7,16H2,1H3. The van der Waals surface area contributed by atoms with Crippen LogP contribution < -0.4 is 5.73 Å². The second-order valence-electron chi connectivity index (χ2n) is 5.40. The predicted octanol–water partition coefficient (Wildman–Crippen LogP) is 2.16. The van der Waals surface area contributed by atoms with Crippen molar-refractivity contribution in [1.29, 1.82) is 0 Å². The smallest absolute Gasteiger partial charge is 0.243 e. The molecule has 1 aromatic carbocycles. The lowest BCUT2D eigenvalue weighted by Gasteiger charge is -2.36. The van der Waals surface area contributed by atoms with Crippen LogP contribution in [0.1, 0.15) is 31.2 Å². The largest absolute Gasteiger partial charge is 0.398 e. The first kappa shape index (κ1) is 16.5. The van der Waals surface area contributed by atoms with Crippen molar-refractivity contribution in [2.45, 2.75) is 43.5 Å². The molecule has 5 nitrogen and oxygen atoms in total. The molecule has 0 atom stereocenters. The second-order valence-corrected chi connectivity index (χ2v) is 7.69. The number of rotatable bonds is 6. The summed E-state index contributed by atoms with van der Waals surface area (Å²) in [6, 6.07) is 3.02. The van der Waals surface area contributed by atoms with Gasteiger partial charge in [0, 0.05) is 29.9 Å². The summed E-state index contributed by atoms with van der Waals surface area (Å²) in [5, 5.41) is 9.32. The van der Waals surface area contributed by atoms with E-state index in [0.717, 1.165) is 19.3 Å². The molecule has 118 valence electrons. The minimum Gasteiger partial charge on any atom is -0.398 e. The average Bonchev–Trinajstić information content (AvgIpc) is 2.36. The molecular formula is C14H21ClN2O3S. The number of aliphatic hydroxyl groups excluding tert-OH is 1. The number of nitrogens with zero attached hydrogens (tertiary/aromatic N) is 1. The van der Waals surface area contributed by atoms with Crippen LogP contribution in [0.15, 0.2) is 17.0 Å². The zero-order valence-corrected chi connectivity index (χ0v) is 13.6. The molecule has 7 heteroatoms. The second kappa shape index (κ2) is 6.52. The maximum absolute atomic E-state index is 12.9. The minimum absolute atomic E-state index is 0.0150. The highest BCUT2D eigenvalue weighted by atomic mass is 35.5. The number of benzene rings is 1. The Labute approximate surface area is 130 Å². The van der Waals surface area contributed by atoms with Crippen molar-refractivity contribution >= 4 is 27.3 Å². The van der Waals surface area contributed by atoms with E-state index in [1.165, 1.54) is 10.4 Å². The molecule has 0 radical (unpaired) electrons. The summed E-state index contributed by atoms with van der Waals surface area (Å²) in [5.41, 5.74) is 6.73. The Morgan fingerprint density at radius 2 is 2.10 bits per heavy atom. The minimum atomic E-state index is -3.65. The highest BCUT2D eigenvalue weighted by Gasteiger charge is 2.35. The van der Waals surface area contributed by atoms with E-state index in [2.05, 4.69) is 0 Å². The van der Waals surface area contributed by atoms with Gasteiger partial charge in [-0.15, -0.1) is 0 Å². The molecule has 0 unspecified atom stereocenters. The molecule has 0 aliphatic heterocycles. The van der Waals surface area contributed by atoms with Gasteiger partial charge in [-0.2, -0.15) is 4.31 Å². The fourth-order valence-corrected chi connectivity index (χ4v) is 4.77. The lowest BCUT2D eigenvalue weighted by atomic mass is 9.93. The molecule has 1 aliphatic carbocycles. The van der Waals surface area contributed by atoms with Crippen molar-refractivity contribution < 1.29 is 13.5 Å². The number of anilines is 1. The van der Waals surface area contributed by atoms with Gasteiger partial charge in [-0.05, 0) is 43.9 Å².